The number of benzene rings is 1. The molecule has 2 rings (SSSR count). The van der Waals surface area contributed by atoms with Gasteiger partial charge in [0.05, 0.1) is 17.3 Å². The van der Waals surface area contributed by atoms with Gasteiger partial charge in [0, 0.05) is 10.9 Å². The number of hydrogen-bond donors (Lipinski definition) is 2. The van der Waals surface area contributed by atoms with Crippen LogP contribution in [0, 0.1) is 18.6 Å². The highest BCUT2D eigenvalue weighted by Crippen LogP contribution is 2.28. The van der Waals surface area contributed by atoms with Crippen molar-refractivity contribution in [1.82, 2.24) is 0 Å². The molecule has 0 aliphatic heterocycles. The Balaban J connectivity index is 2.32. The molecule has 2 aromatic rings. The summed E-state index contributed by atoms with van der Waals surface area (Å²) in [5.74, 6) is -2.64. The van der Waals surface area contributed by atoms with Gasteiger partial charge in [-0.25, -0.2) is 8.78 Å². The van der Waals surface area contributed by atoms with E-state index < -0.39 is 17.5 Å². The number of anilines is 1. The number of rotatable bonds is 4. The second-order valence-corrected chi connectivity index (χ2v) is 5.46. The Morgan fingerprint density at radius 1 is 1.35 bits per heavy atom. The molecule has 0 radical (unpaired) electrons. The zero-order valence-corrected chi connectivity index (χ0v) is 11.9. The van der Waals surface area contributed by atoms with E-state index in [1.807, 2.05) is 25.3 Å². The van der Waals surface area contributed by atoms with Gasteiger partial charge in [-0.3, -0.25) is 4.79 Å². The van der Waals surface area contributed by atoms with Crippen LogP contribution >= 0.6 is 11.3 Å². The molecule has 3 N–H and O–H groups in total. The summed E-state index contributed by atoms with van der Waals surface area (Å²) in [6.45, 7) is 3.82. The van der Waals surface area contributed by atoms with Gasteiger partial charge in [-0.1, -0.05) is 0 Å². The van der Waals surface area contributed by atoms with Crippen LogP contribution in [0.25, 0.3) is 0 Å². The van der Waals surface area contributed by atoms with Crippen molar-refractivity contribution in [2.45, 2.75) is 19.9 Å². The maximum atomic E-state index is 13.7. The molecule has 0 saturated heterocycles. The summed E-state index contributed by atoms with van der Waals surface area (Å²) in [7, 11) is 0. The summed E-state index contributed by atoms with van der Waals surface area (Å²) in [5, 5.41) is 4.88. The average molecular weight is 296 g/mol. The number of amides is 1. The molecular weight excluding hydrogens is 282 g/mol. The number of carbonyl (C=O) groups is 1. The minimum absolute atomic E-state index is 0.0560. The van der Waals surface area contributed by atoms with Gasteiger partial charge in [0.25, 0.3) is 5.91 Å². The molecule has 0 aliphatic carbocycles. The molecule has 0 bridgehead atoms. The predicted octanol–water partition coefficient (Wildman–Crippen LogP) is 3.61. The van der Waals surface area contributed by atoms with Crippen molar-refractivity contribution in [3.63, 3.8) is 0 Å². The van der Waals surface area contributed by atoms with Crippen LogP contribution in [0.4, 0.5) is 14.5 Å². The smallest absolute Gasteiger partial charge is 0.251 e. The first-order valence-corrected chi connectivity index (χ1v) is 6.87. The summed E-state index contributed by atoms with van der Waals surface area (Å²) in [6, 6.07) is 3.58. The van der Waals surface area contributed by atoms with E-state index in [1.54, 1.807) is 11.3 Å². The molecule has 1 aromatic heterocycles. The molecule has 1 amide bonds. The molecule has 1 heterocycles. The number of aryl methyl sites for hydroxylation is 1. The molecule has 0 saturated carbocycles. The van der Waals surface area contributed by atoms with E-state index in [-0.39, 0.29) is 17.3 Å². The number of nitrogens with two attached hydrogens (primary N) is 1. The first-order valence-electron chi connectivity index (χ1n) is 5.99. The third kappa shape index (κ3) is 2.80. The Morgan fingerprint density at radius 2 is 2.05 bits per heavy atom. The fourth-order valence-corrected chi connectivity index (χ4v) is 2.91. The van der Waals surface area contributed by atoms with Gasteiger partial charge in [0.2, 0.25) is 0 Å². The van der Waals surface area contributed by atoms with Crippen molar-refractivity contribution in [2.75, 3.05) is 5.32 Å². The maximum Gasteiger partial charge on any atom is 0.251 e. The van der Waals surface area contributed by atoms with E-state index >= 15 is 0 Å². The van der Waals surface area contributed by atoms with E-state index in [0.717, 1.165) is 16.5 Å². The highest BCUT2D eigenvalue weighted by molar-refractivity contribution is 7.10. The quantitative estimate of drug-likeness (QED) is 0.905. The second-order valence-electron chi connectivity index (χ2n) is 4.51. The summed E-state index contributed by atoms with van der Waals surface area (Å²) in [6.07, 6.45) is 0. The molecule has 0 spiro atoms. The normalized spacial score (nSPS) is 12.2. The van der Waals surface area contributed by atoms with Crippen molar-refractivity contribution in [3.05, 3.63) is 51.2 Å². The first-order chi connectivity index (χ1) is 9.40. The Labute approximate surface area is 119 Å². The molecule has 1 atom stereocenters. The van der Waals surface area contributed by atoms with E-state index in [1.165, 1.54) is 0 Å². The van der Waals surface area contributed by atoms with Crippen LogP contribution in [-0.2, 0) is 0 Å². The topological polar surface area (TPSA) is 55.1 Å². The van der Waals surface area contributed by atoms with Crippen LogP contribution in [0.3, 0.4) is 0 Å². The Bertz CT molecular complexity index is 655. The lowest BCUT2D eigenvalue weighted by molar-refractivity contribution is 0.0996. The lowest BCUT2D eigenvalue weighted by Crippen LogP contribution is -2.15. The zero-order chi connectivity index (χ0) is 14.9. The van der Waals surface area contributed by atoms with Crippen LogP contribution in [0.5, 0.6) is 0 Å². The highest BCUT2D eigenvalue weighted by atomic mass is 32.1. The van der Waals surface area contributed by atoms with Crippen LogP contribution in [0.2, 0.25) is 0 Å². The second kappa shape index (κ2) is 5.58. The lowest BCUT2D eigenvalue weighted by Gasteiger charge is -2.16. The number of carbonyl (C=O) groups excluding carboxylic acids is 1. The molecule has 6 heteroatoms. The Hall–Kier alpha value is -1.95. The predicted molar refractivity (Wildman–Crippen MR) is 76.0 cm³/mol. The third-order valence-electron chi connectivity index (χ3n) is 2.99. The van der Waals surface area contributed by atoms with Crippen LogP contribution in [0.15, 0.2) is 23.6 Å². The van der Waals surface area contributed by atoms with Gasteiger partial charge < -0.3 is 11.1 Å². The number of hydrogen-bond acceptors (Lipinski definition) is 3. The zero-order valence-electron chi connectivity index (χ0n) is 11.0. The summed E-state index contributed by atoms with van der Waals surface area (Å²) in [5.41, 5.74) is 5.87. The maximum absolute atomic E-state index is 13.7. The van der Waals surface area contributed by atoms with Crippen molar-refractivity contribution in [2.24, 2.45) is 5.73 Å². The minimum Gasteiger partial charge on any atom is -0.375 e. The molecule has 3 nitrogen and oxygen atoms in total. The van der Waals surface area contributed by atoms with Gasteiger partial charge in [-0.2, -0.15) is 0 Å². The molecule has 1 unspecified atom stereocenters. The average Bonchev–Trinajstić information content (AvgIpc) is 2.78. The highest BCUT2D eigenvalue weighted by Gasteiger charge is 2.16. The molecule has 1 aromatic carbocycles. The van der Waals surface area contributed by atoms with Gasteiger partial charge in [0.15, 0.2) is 0 Å². The number of halogens is 2. The molecule has 0 fully saturated rings. The Kier molecular flexibility index (Phi) is 4.04. The minimum atomic E-state index is -0.958. The largest absolute Gasteiger partial charge is 0.375 e. The van der Waals surface area contributed by atoms with E-state index in [0.29, 0.717) is 6.07 Å². The number of primary amides is 1. The number of thiophene rings is 1. The van der Waals surface area contributed by atoms with Gasteiger partial charge >= 0.3 is 0 Å². The number of nitrogens with one attached hydrogen (secondary N) is 1. The standard InChI is InChI=1S/C14H14F2N2OS/c1-7-3-4-20-13(7)8(2)18-12-5-9(14(17)19)10(15)6-11(12)16/h3-6,8,18H,1-2H3,(H2,17,19). The van der Waals surface area contributed by atoms with Crippen molar-refractivity contribution in [1.29, 1.82) is 0 Å². The van der Waals surface area contributed by atoms with Crippen LogP contribution < -0.4 is 11.1 Å². The van der Waals surface area contributed by atoms with E-state index in [4.69, 9.17) is 5.73 Å². The van der Waals surface area contributed by atoms with E-state index in [2.05, 4.69) is 5.32 Å². The SMILES string of the molecule is Cc1ccsc1C(C)Nc1cc(C(N)=O)c(F)cc1F. The van der Waals surface area contributed by atoms with E-state index in [9.17, 15) is 13.6 Å². The van der Waals surface area contributed by atoms with Gasteiger partial charge in [-0.15, -0.1) is 11.3 Å². The monoisotopic (exact) mass is 296 g/mol. The van der Waals surface area contributed by atoms with Crippen LogP contribution in [-0.4, -0.2) is 5.91 Å². The van der Waals surface area contributed by atoms with Gasteiger partial charge in [-0.05, 0) is 36.9 Å². The van der Waals surface area contributed by atoms with Gasteiger partial charge in [0.1, 0.15) is 11.6 Å². The summed E-state index contributed by atoms with van der Waals surface area (Å²) < 4.78 is 27.1. The first kappa shape index (κ1) is 14.5. The molecular formula is C14H14F2N2OS. The van der Waals surface area contributed by atoms with Crippen molar-refractivity contribution < 1.29 is 13.6 Å². The lowest BCUT2D eigenvalue weighted by atomic mass is 10.1. The molecule has 20 heavy (non-hydrogen) atoms. The van der Waals surface area contributed by atoms with Crippen LogP contribution in [0.1, 0.15) is 33.8 Å². The summed E-state index contributed by atoms with van der Waals surface area (Å²) >= 11 is 1.55. The fourth-order valence-electron chi connectivity index (χ4n) is 1.98. The molecule has 0 aliphatic rings. The van der Waals surface area contributed by atoms with Crippen molar-refractivity contribution in [3.8, 4) is 0 Å². The molecule has 106 valence electrons. The third-order valence-corrected chi connectivity index (χ3v) is 4.19. The fraction of sp³-hybridized carbons (Fsp3) is 0.214. The van der Waals surface area contributed by atoms with Crippen molar-refractivity contribution >= 4 is 22.9 Å². The summed E-state index contributed by atoms with van der Waals surface area (Å²) in [4.78, 5) is 12.1. The Morgan fingerprint density at radius 3 is 2.60 bits per heavy atom.